The first kappa shape index (κ1) is 17.8. The molecular weight excluding hydrogens is 307 g/mol. The van der Waals surface area contributed by atoms with Gasteiger partial charge in [-0.1, -0.05) is 0 Å². The second kappa shape index (κ2) is 5.85. The molecule has 22 heavy (non-hydrogen) atoms. The molecule has 10 heteroatoms. The van der Waals surface area contributed by atoms with E-state index >= 15 is 0 Å². The number of carboxylic acids is 1. The summed E-state index contributed by atoms with van der Waals surface area (Å²) in [6.07, 6.45) is -6.12. The van der Waals surface area contributed by atoms with Crippen molar-refractivity contribution in [1.82, 2.24) is 9.78 Å². The normalized spacial score (nSPS) is 12.1. The number of anilines is 1. The maximum atomic E-state index is 13.0. The lowest BCUT2D eigenvalue weighted by Crippen LogP contribution is -2.28. The van der Waals surface area contributed by atoms with E-state index in [1.54, 1.807) is 0 Å². The van der Waals surface area contributed by atoms with Crippen molar-refractivity contribution in [2.45, 2.75) is 46.0 Å². The van der Waals surface area contributed by atoms with Gasteiger partial charge in [-0.05, 0) is 27.7 Å². The van der Waals surface area contributed by atoms with Crippen LogP contribution in [0.15, 0.2) is 0 Å². The molecular formula is C12H16F3N3O4. The molecule has 0 aliphatic heterocycles. The summed E-state index contributed by atoms with van der Waals surface area (Å²) in [7, 11) is 0. The predicted octanol–water partition coefficient (Wildman–Crippen LogP) is 2.97. The Morgan fingerprint density at radius 3 is 2.23 bits per heavy atom. The fourth-order valence-electron chi connectivity index (χ4n) is 1.63. The summed E-state index contributed by atoms with van der Waals surface area (Å²) in [5, 5.41) is 14.1. The van der Waals surface area contributed by atoms with Gasteiger partial charge in [0.25, 0.3) is 0 Å². The summed E-state index contributed by atoms with van der Waals surface area (Å²) >= 11 is 0. The van der Waals surface area contributed by atoms with Gasteiger partial charge in [-0.2, -0.15) is 18.3 Å². The maximum Gasteiger partial charge on any atom is 0.437 e. The number of carboxylic acid groups (broad SMARTS) is 1. The van der Waals surface area contributed by atoms with Crippen molar-refractivity contribution in [1.29, 1.82) is 0 Å². The van der Waals surface area contributed by atoms with Gasteiger partial charge in [-0.3, -0.25) is 10.00 Å². The van der Waals surface area contributed by atoms with E-state index in [9.17, 15) is 22.8 Å². The lowest BCUT2D eigenvalue weighted by atomic mass is 10.2. The molecule has 0 aliphatic carbocycles. The topological polar surface area (TPSA) is 93.5 Å². The smallest absolute Gasteiger partial charge is 0.437 e. The first-order chi connectivity index (χ1) is 9.86. The summed E-state index contributed by atoms with van der Waals surface area (Å²) in [5.41, 5.74) is -4.14. The van der Waals surface area contributed by atoms with Crippen molar-refractivity contribution in [3.8, 4) is 0 Å². The summed E-state index contributed by atoms with van der Waals surface area (Å²) in [6, 6.07) is 0. The first-order valence-corrected chi connectivity index (χ1v) is 6.28. The Balaban J connectivity index is 3.34. The maximum absolute atomic E-state index is 13.0. The summed E-state index contributed by atoms with van der Waals surface area (Å²) < 4.78 is 44.4. The molecule has 124 valence electrons. The van der Waals surface area contributed by atoms with Gasteiger partial charge in [0.2, 0.25) is 0 Å². The number of aromatic carboxylic acids is 1. The first-order valence-electron chi connectivity index (χ1n) is 6.28. The average Bonchev–Trinajstić information content (AvgIpc) is 2.64. The van der Waals surface area contributed by atoms with Crippen LogP contribution >= 0.6 is 0 Å². The third-order valence-electron chi connectivity index (χ3n) is 2.35. The van der Waals surface area contributed by atoms with Crippen molar-refractivity contribution in [2.75, 3.05) is 5.32 Å². The van der Waals surface area contributed by atoms with E-state index in [0.717, 1.165) is 0 Å². The van der Waals surface area contributed by atoms with Gasteiger partial charge in [-0.15, -0.1) is 0 Å². The molecule has 0 atom stereocenters. The second-order valence-corrected chi connectivity index (χ2v) is 5.32. The molecule has 0 unspecified atom stereocenters. The van der Waals surface area contributed by atoms with Gasteiger partial charge in [-0.25, -0.2) is 9.59 Å². The van der Waals surface area contributed by atoms with Crippen molar-refractivity contribution >= 4 is 17.7 Å². The van der Waals surface area contributed by atoms with Gasteiger partial charge in [0.05, 0.1) is 0 Å². The number of hydrogen-bond donors (Lipinski definition) is 2. The van der Waals surface area contributed by atoms with Crippen LogP contribution in [0.4, 0.5) is 23.7 Å². The highest BCUT2D eigenvalue weighted by Crippen LogP contribution is 2.36. The molecule has 0 spiro atoms. The van der Waals surface area contributed by atoms with E-state index < -0.39 is 40.9 Å². The Morgan fingerprint density at radius 2 is 1.86 bits per heavy atom. The fourth-order valence-corrected chi connectivity index (χ4v) is 1.63. The number of carbonyl (C=O) groups is 2. The van der Waals surface area contributed by atoms with Crippen LogP contribution in [0.3, 0.4) is 0 Å². The molecule has 1 amide bonds. The van der Waals surface area contributed by atoms with Gasteiger partial charge in [0.1, 0.15) is 11.3 Å². The quantitative estimate of drug-likeness (QED) is 0.892. The molecule has 0 aromatic carbocycles. The zero-order valence-corrected chi connectivity index (χ0v) is 12.4. The molecule has 0 aliphatic rings. The number of amides is 1. The van der Waals surface area contributed by atoms with E-state index in [2.05, 4.69) is 5.10 Å². The summed E-state index contributed by atoms with van der Waals surface area (Å²) in [4.78, 5) is 22.8. The van der Waals surface area contributed by atoms with Crippen molar-refractivity contribution in [3.63, 3.8) is 0 Å². The number of aryl methyl sites for hydroxylation is 1. The fraction of sp³-hybridized carbons (Fsp3) is 0.583. The van der Waals surface area contributed by atoms with Crippen LogP contribution in [-0.4, -0.2) is 32.6 Å². The Kier molecular flexibility index (Phi) is 4.73. The van der Waals surface area contributed by atoms with E-state index in [1.807, 2.05) is 5.32 Å². The minimum absolute atomic E-state index is 0.110. The molecule has 1 aromatic rings. The highest BCUT2D eigenvalue weighted by Gasteiger charge is 2.41. The van der Waals surface area contributed by atoms with Crippen LogP contribution in [0.25, 0.3) is 0 Å². The summed E-state index contributed by atoms with van der Waals surface area (Å²) in [6.45, 7) is 5.87. The zero-order valence-electron chi connectivity index (χ0n) is 12.4. The van der Waals surface area contributed by atoms with E-state index in [4.69, 9.17) is 9.84 Å². The Morgan fingerprint density at radius 1 is 1.32 bits per heavy atom. The Bertz CT molecular complexity index is 588. The molecule has 0 saturated heterocycles. The number of aromatic nitrogens is 2. The highest BCUT2D eigenvalue weighted by atomic mass is 19.4. The number of carbonyl (C=O) groups excluding carboxylic acids is 1. The largest absolute Gasteiger partial charge is 0.476 e. The minimum Gasteiger partial charge on any atom is -0.476 e. The van der Waals surface area contributed by atoms with E-state index in [1.165, 1.54) is 27.7 Å². The molecule has 1 heterocycles. The lowest BCUT2D eigenvalue weighted by Gasteiger charge is -2.20. The number of ether oxygens (including phenoxy) is 1. The Hall–Kier alpha value is -2.26. The number of hydrogen-bond acceptors (Lipinski definition) is 4. The number of rotatable bonds is 3. The van der Waals surface area contributed by atoms with Gasteiger partial charge < -0.3 is 9.84 Å². The van der Waals surface area contributed by atoms with Crippen LogP contribution in [0.2, 0.25) is 0 Å². The van der Waals surface area contributed by atoms with Crippen molar-refractivity contribution < 1.29 is 32.6 Å². The standard InChI is InChI=1S/C12H16F3N3O4/c1-5-18-7(9(19)20)6(8(17-18)12(13,14)15)16-10(21)22-11(2,3)4/h5H2,1-4H3,(H,16,21)(H,19,20). The average molecular weight is 323 g/mol. The molecule has 0 saturated carbocycles. The monoisotopic (exact) mass is 323 g/mol. The molecule has 0 radical (unpaired) electrons. The molecule has 0 bridgehead atoms. The van der Waals surface area contributed by atoms with Gasteiger partial charge in [0.15, 0.2) is 11.4 Å². The predicted molar refractivity (Wildman–Crippen MR) is 69.7 cm³/mol. The van der Waals surface area contributed by atoms with Crippen LogP contribution in [0.5, 0.6) is 0 Å². The van der Waals surface area contributed by atoms with Crippen LogP contribution in [0, 0.1) is 0 Å². The zero-order chi connectivity index (χ0) is 17.3. The second-order valence-electron chi connectivity index (χ2n) is 5.32. The van der Waals surface area contributed by atoms with Crippen LogP contribution in [0.1, 0.15) is 43.9 Å². The molecule has 2 N–H and O–H groups in total. The molecule has 7 nitrogen and oxygen atoms in total. The van der Waals surface area contributed by atoms with E-state index in [0.29, 0.717) is 4.68 Å². The highest BCUT2D eigenvalue weighted by molar-refractivity contribution is 5.98. The lowest BCUT2D eigenvalue weighted by molar-refractivity contribution is -0.140. The molecule has 1 aromatic heterocycles. The number of alkyl halides is 3. The van der Waals surface area contributed by atoms with Gasteiger partial charge >= 0.3 is 18.2 Å². The summed E-state index contributed by atoms with van der Waals surface area (Å²) in [5.74, 6) is -1.64. The van der Waals surface area contributed by atoms with Crippen LogP contribution < -0.4 is 5.32 Å². The third kappa shape index (κ3) is 4.12. The number of nitrogens with zero attached hydrogens (tertiary/aromatic N) is 2. The molecule has 1 rings (SSSR count). The van der Waals surface area contributed by atoms with Crippen molar-refractivity contribution in [2.24, 2.45) is 0 Å². The molecule has 0 fully saturated rings. The minimum atomic E-state index is -4.92. The van der Waals surface area contributed by atoms with Gasteiger partial charge in [0, 0.05) is 6.54 Å². The van der Waals surface area contributed by atoms with Crippen molar-refractivity contribution in [3.05, 3.63) is 11.4 Å². The number of nitrogens with one attached hydrogen (secondary N) is 1. The number of halogens is 3. The van der Waals surface area contributed by atoms with Crippen LogP contribution in [-0.2, 0) is 17.5 Å². The third-order valence-corrected chi connectivity index (χ3v) is 2.35. The Labute approximate surface area is 124 Å². The SMILES string of the molecule is CCn1nc(C(F)(F)F)c(NC(=O)OC(C)(C)C)c1C(=O)O. The van der Waals surface area contributed by atoms with E-state index in [-0.39, 0.29) is 6.54 Å².